The molecule has 5 nitrogen and oxygen atoms in total. The van der Waals surface area contributed by atoms with Crippen LogP contribution in [0, 0.1) is 0 Å². The molecule has 0 saturated carbocycles. The normalized spacial score (nSPS) is 12.6. The molecule has 0 rings (SSSR count). The minimum Gasteiger partial charge on any atom is -0.344 e. The third-order valence-electron chi connectivity index (χ3n) is 3.90. The van der Waals surface area contributed by atoms with Crippen molar-refractivity contribution in [3.63, 3.8) is 0 Å². The minimum absolute atomic E-state index is 0. The lowest BCUT2D eigenvalue weighted by molar-refractivity contribution is -0.128. The van der Waals surface area contributed by atoms with Crippen molar-refractivity contribution in [3.05, 3.63) is 34.9 Å². The summed E-state index contributed by atoms with van der Waals surface area (Å²) in [6.07, 6.45) is 11.2. The van der Waals surface area contributed by atoms with E-state index in [9.17, 15) is 9.59 Å². The van der Waals surface area contributed by atoms with Gasteiger partial charge in [-0.15, -0.1) is 0 Å². The number of hydrazine groups is 1. The molecule has 0 radical (unpaired) electrons. The van der Waals surface area contributed by atoms with Gasteiger partial charge in [-0.2, -0.15) is 11.8 Å². The van der Waals surface area contributed by atoms with Crippen LogP contribution in [0.2, 0.25) is 0 Å². The molecule has 0 spiro atoms. The number of carbonyl (C=O) groups excluding carboxylic acids is 2. The molecule has 0 aliphatic rings. The number of nitrogens with one attached hydrogen (secondary N) is 3. The van der Waals surface area contributed by atoms with Gasteiger partial charge in [0.25, 0.3) is 5.91 Å². The standard InChI is InChI=1S/C21H37N3O2S.CH4/c1-16(2)9-7-10-17(3)11-8-12-18(4)13-14-27-15-20(23-19(5)25)21(26)24-22-6;/h9,11,13,20,22H,7-8,10,12,14-15H2,1-6H3,(H,23,25)(H,24,26);1H4/b17-11+,18-13+;/t20-;/m0./s1. The van der Waals surface area contributed by atoms with Crippen LogP contribution in [-0.4, -0.2) is 36.4 Å². The molecule has 162 valence electrons. The van der Waals surface area contributed by atoms with Crippen LogP contribution < -0.4 is 16.2 Å². The van der Waals surface area contributed by atoms with E-state index in [0.717, 1.165) is 31.4 Å². The van der Waals surface area contributed by atoms with E-state index >= 15 is 0 Å². The second kappa shape index (κ2) is 17.6. The fourth-order valence-electron chi connectivity index (χ4n) is 2.36. The maximum atomic E-state index is 11.9. The molecular formula is C22H41N3O2S. The quantitative estimate of drug-likeness (QED) is 0.237. The number of hydrogen-bond donors (Lipinski definition) is 3. The summed E-state index contributed by atoms with van der Waals surface area (Å²) in [7, 11) is 1.62. The summed E-state index contributed by atoms with van der Waals surface area (Å²) in [4.78, 5) is 23.1. The Balaban J connectivity index is 0. The van der Waals surface area contributed by atoms with Crippen molar-refractivity contribution >= 4 is 23.6 Å². The van der Waals surface area contributed by atoms with E-state index < -0.39 is 6.04 Å². The fourth-order valence-corrected chi connectivity index (χ4v) is 3.37. The van der Waals surface area contributed by atoms with Crippen molar-refractivity contribution < 1.29 is 9.59 Å². The highest BCUT2D eigenvalue weighted by molar-refractivity contribution is 7.99. The van der Waals surface area contributed by atoms with Crippen LogP contribution in [0.5, 0.6) is 0 Å². The maximum Gasteiger partial charge on any atom is 0.257 e. The van der Waals surface area contributed by atoms with Crippen LogP contribution in [0.1, 0.15) is 67.7 Å². The van der Waals surface area contributed by atoms with Gasteiger partial charge in [-0.1, -0.05) is 42.4 Å². The average molecular weight is 412 g/mol. The van der Waals surface area contributed by atoms with E-state index in [1.807, 2.05) is 0 Å². The van der Waals surface area contributed by atoms with Gasteiger partial charge in [0.15, 0.2) is 0 Å². The zero-order valence-corrected chi connectivity index (χ0v) is 18.6. The molecule has 1 atom stereocenters. The molecule has 0 aromatic carbocycles. The highest BCUT2D eigenvalue weighted by Crippen LogP contribution is 2.13. The molecule has 0 heterocycles. The molecule has 3 N–H and O–H groups in total. The molecule has 0 aromatic heterocycles. The molecule has 28 heavy (non-hydrogen) atoms. The maximum absolute atomic E-state index is 11.9. The molecule has 0 aliphatic heterocycles. The summed E-state index contributed by atoms with van der Waals surface area (Å²) in [6.45, 7) is 10.0. The molecule has 0 fully saturated rings. The van der Waals surface area contributed by atoms with Gasteiger partial charge in [0.05, 0.1) is 0 Å². The zero-order valence-electron chi connectivity index (χ0n) is 17.8. The number of rotatable bonds is 13. The van der Waals surface area contributed by atoms with Crippen molar-refractivity contribution in [2.45, 2.75) is 73.8 Å². The topological polar surface area (TPSA) is 70.2 Å². The van der Waals surface area contributed by atoms with E-state index in [0.29, 0.717) is 5.75 Å². The lowest BCUT2D eigenvalue weighted by Gasteiger charge is -2.16. The van der Waals surface area contributed by atoms with Crippen molar-refractivity contribution in [2.24, 2.45) is 0 Å². The summed E-state index contributed by atoms with van der Waals surface area (Å²) in [5, 5.41) is 2.68. The Labute approximate surface area is 176 Å². The van der Waals surface area contributed by atoms with Crippen LogP contribution in [0.15, 0.2) is 34.9 Å². The molecular weight excluding hydrogens is 370 g/mol. The third-order valence-corrected chi connectivity index (χ3v) is 4.87. The third kappa shape index (κ3) is 16.6. The Morgan fingerprint density at radius 3 is 2.04 bits per heavy atom. The van der Waals surface area contributed by atoms with E-state index in [2.05, 4.69) is 62.1 Å². The summed E-state index contributed by atoms with van der Waals surface area (Å²) in [5.74, 6) is 0.943. The van der Waals surface area contributed by atoms with Gasteiger partial charge in [0.1, 0.15) is 6.04 Å². The highest BCUT2D eigenvalue weighted by Gasteiger charge is 2.18. The SMILES string of the molecule is C.CNNC(=O)[C@H](CSC/C=C(\C)CC/C=C(\C)CCC=C(C)C)NC(C)=O. The van der Waals surface area contributed by atoms with Crippen molar-refractivity contribution in [1.82, 2.24) is 16.2 Å². The Kier molecular flexibility index (Phi) is 18.0. The van der Waals surface area contributed by atoms with Crippen molar-refractivity contribution in [3.8, 4) is 0 Å². The predicted molar refractivity (Wildman–Crippen MR) is 124 cm³/mol. The van der Waals surface area contributed by atoms with Gasteiger partial charge < -0.3 is 5.32 Å². The molecule has 0 saturated heterocycles. The second-order valence-electron chi connectivity index (χ2n) is 6.99. The monoisotopic (exact) mass is 411 g/mol. The van der Waals surface area contributed by atoms with Crippen LogP contribution >= 0.6 is 11.8 Å². The van der Waals surface area contributed by atoms with E-state index in [4.69, 9.17) is 0 Å². The van der Waals surface area contributed by atoms with Crippen LogP contribution in [0.3, 0.4) is 0 Å². The summed E-state index contributed by atoms with van der Waals surface area (Å²) in [5.41, 5.74) is 9.30. The molecule has 0 unspecified atom stereocenters. The Morgan fingerprint density at radius 2 is 1.50 bits per heavy atom. The first-order chi connectivity index (χ1) is 12.8. The Hall–Kier alpha value is -1.53. The van der Waals surface area contributed by atoms with Crippen LogP contribution in [0.4, 0.5) is 0 Å². The van der Waals surface area contributed by atoms with Crippen molar-refractivity contribution in [1.29, 1.82) is 0 Å². The fraction of sp³-hybridized carbons (Fsp3) is 0.636. The van der Waals surface area contributed by atoms with E-state index in [1.165, 1.54) is 23.6 Å². The smallest absolute Gasteiger partial charge is 0.257 e. The first kappa shape index (κ1) is 28.7. The Morgan fingerprint density at radius 1 is 0.929 bits per heavy atom. The molecule has 0 bridgehead atoms. The largest absolute Gasteiger partial charge is 0.344 e. The summed E-state index contributed by atoms with van der Waals surface area (Å²) < 4.78 is 0. The predicted octanol–water partition coefficient (Wildman–Crippen LogP) is 4.53. The lowest BCUT2D eigenvalue weighted by Crippen LogP contribution is -2.50. The average Bonchev–Trinajstić information content (AvgIpc) is 2.57. The van der Waals surface area contributed by atoms with Crippen molar-refractivity contribution in [2.75, 3.05) is 18.6 Å². The number of thioether (sulfide) groups is 1. The number of carbonyl (C=O) groups is 2. The molecule has 0 aliphatic carbocycles. The van der Waals surface area contributed by atoms with Gasteiger partial charge in [0, 0.05) is 25.5 Å². The lowest BCUT2D eigenvalue weighted by atomic mass is 10.1. The van der Waals surface area contributed by atoms with Gasteiger partial charge in [-0.3, -0.25) is 15.0 Å². The highest BCUT2D eigenvalue weighted by atomic mass is 32.2. The second-order valence-corrected chi connectivity index (χ2v) is 8.06. The minimum atomic E-state index is -0.528. The van der Waals surface area contributed by atoms with Gasteiger partial charge in [-0.25, -0.2) is 5.43 Å². The van der Waals surface area contributed by atoms with Gasteiger partial charge >= 0.3 is 0 Å². The van der Waals surface area contributed by atoms with E-state index in [1.54, 1.807) is 18.8 Å². The number of hydrogen-bond acceptors (Lipinski definition) is 4. The zero-order chi connectivity index (χ0) is 20.7. The van der Waals surface area contributed by atoms with Gasteiger partial charge in [-0.05, 0) is 53.4 Å². The number of allylic oxidation sites excluding steroid dienone is 5. The Bertz CT molecular complexity index is 550. The molecule has 0 aromatic rings. The molecule has 6 heteroatoms. The summed E-state index contributed by atoms with van der Waals surface area (Å²) in [6, 6.07) is -0.528. The first-order valence-electron chi connectivity index (χ1n) is 9.52. The van der Waals surface area contributed by atoms with Crippen LogP contribution in [0.25, 0.3) is 0 Å². The molecule has 2 amide bonds. The van der Waals surface area contributed by atoms with Gasteiger partial charge in [0.2, 0.25) is 5.91 Å². The van der Waals surface area contributed by atoms with Crippen LogP contribution in [-0.2, 0) is 9.59 Å². The summed E-state index contributed by atoms with van der Waals surface area (Å²) >= 11 is 1.64. The number of amides is 2. The van der Waals surface area contributed by atoms with E-state index in [-0.39, 0.29) is 19.2 Å². The first-order valence-corrected chi connectivity index (χ1v) is 10.7.